The number of hydrogen-bond acceptors (Lipinski definition) is 2. The van der Waals surface area contributed by atoms with Crippen molar-refractivity contribution in [3.63, 3.8) is 0 Å². The number of carbonyl (C=O) groups excluding carboxylic acids is 2. The van der Waals surface area contributed by atoms with E-state index in [1.54, 1.807) is 6.92 Å². The molecule has 0 aliphatic heterocycles. The minimum Gasteiger partial charge on any atom is -0.345 e. The molecule has 0 aliphatic carbocycles. The van der Waals surface area contributed by atoms with E-state index in [4.69, 9.17) is 0 Å². The molecule has 0 radical (unpaired) electrons. The number of hydrogen-bond donors (Lipinski definition) is 1. The highest BCUT2D eigenvalue weighted by molar-refractivity contribution is 5.92. The highest BCUT2D eigenvalue weighted by Crippen LogP contribution is 2.18. The van der Waals surface area contributed by atoms with Crippen LogP contribution < -0.4 is 5.32 Å². The maximum absolute atomic E-state index is 11.7. The SMILES string of the molecule is C=C(C)C(=O)NC(CC(=O)CC)c1ccccc1. The first-order valence-electron chi connectivity index (χ1n) is 6.07. The number of amides is 1. The molecule has 1 aromatic carbocycles. The molecule has 96 valence electrons. The van der Waals surface area contributed by atoms with Crippen LogP contribution in [0.5, 0.6) is 0 Å². The van der Waals surface area contributed by atoms with Gasteiger partial charge in [-0.1, -0.05) is 43.8 Å². The molecule has 1 aromatic rings. The molecule has 1 atom stereocenters. The Morgan fingerprint density at radius 2 is 1.89 bits per heavy atom. The van der Waals surface area contributed by atoms with E-state index in [-0.39, 0.29) is 17.7 Å². The monoisotopic (exact) mass is 245 g/mol. The quantitative estimate of drug-likeness (QED) is 0.783. The highest BCUT2D eigenvalue weighted by atomic mass is 16.2. The first-order chi connectivity index (χ1) is 8.54. The molecule has 1 unspecified atom stereocenters. The Morgan fingerprint density at radius 3 is 2.39 bits per heavy atom. The van der Waals surface area contributed by atoms with Crippen LogP contribution in [0.2, 0.25) is 0 Å². The molecule has 1 N–H and O–H groups in total. The minimum atomic E-state index is -0.275. The van der Waals surface area contributed by atoms with Gasteiger partial charge in [-0.2, -0.15) is 0 Å². The van der Waals surface area contributed by atoms with Gasteiger partial charge in [0.25, 0.3) is 0 Å². The van der Waals surface area contributed by atoms with E-state index in [1.807, 2.05) is 37.3 Å². The second-order valence-electron chi connectivity index (χ2n) is 4.31. The molecule has 3 heteroatoms. The molecule has 1 amide bonds. The van der Waals surface area contributed by atoms with Crippen LogP contribution in [0.3, 0.4) is 0 Å². The van der Waals surface area contributed by atoms with Crippen molar-refractivity contribution >= 4 is 11.7 Å². The van der Waals surface area contributed by atoms with Crippen molar-refractivity contribution in [1.29, 1.82) is 0 Å². The van der Waals surface area contributed by atoms with Gasteiger partial charge in [0.05, 0.1) is 6.04 Å². The molecule has 0 fully saturated rings. The van der Waals surface area contributed by atoms with Crippen LogP contribution in [-0.2, 0) is 9.59 Å². The van der Waals surface area contributed by atoms with Crippen LogP contribution in [0.15, 0.2) is 42.5 Å². The van der Waals surface area contributed by atoms with Crippen molar-refractivity contribution in [3.8, 4) is 0 Å². The first kappa shape index (κ1) is 14.2. The zero-order valence-corrected chi connectivity index (χ0v) is 10.9. The van der Waals surface area contributed by atoms with Gasteiger partial charge in [-0.15, -0.1) is 0 Å². The van der Waals surface area contributed by atoms with Crippen LogP contribution in [-0.4, -0.2) is 11.7 Å². The van der Waals surface area contributed by atoms with Gasteiger partial charge in [0.1, 0.15) is 5.78 Å². The maximum atomic E-state index is 11.7. The van der Waals surface area contributed by atoms with Gasteiger partial charge in [0.15, 0.2) is 0 Å². The lowest BCUT2D eigenvalue weighted by Gasteiger charge is -2.18. The number of carbonyl (C=O) groups is 2. The minimum absolute atomic E-state index is 0.130. The van der Waals surface area contributed by atoms with Gasteiger partial charge in [-0.05, 0) is 12.5 Å². The zero-order valence-electron chi connectivity index (χ0n) is 10.9. The van der Waals surface area contributed by atoms with Crippen molar-refractivity contribution < 1.29 is 9.59 Å². The van der Waals surface area contributed by atoms with Crippen LogP contribution >= 0.6 is 0 Å². The average Bonchev–Trinajstić information content (AvgIpc) is 2.38. The second kappa shape index (κ2) is 6.74. The first-order valence-corrected chi connectivity index (χ1v) is 6.07. The maximum Gasteiger partial charge on any atom is 0.246 e. The van der Waals surface area contributed by atoms with Gasteiger partial charge in [-0.3, -0.25) is 9.59 Å². The third-order valence-electron chi connectivity index (χ3n) is 2.72. The molecule has 0 heterocycles. The Morgan fingerprint density at radius 1 is 1.28 bits per heavy atom. The van der Waals surface area contributed by atoms with Gasteiger partial charge in [0.2, 0.25) is 5.91 Å². The molecule has 0 spiro atoms. The summed E-state index contributed by atoms with van der Waals surface area (Å²) in [5.74, 6) is -0.0846. The van der Waals surface area contributed by atoms with E-state index in [1.165, 1.54) is 0 Å². The lowest BCUT2D eigenvalue weighted by molar-refractivity contribution is -0.120. The van der Waals surface area contributed by atoms with Crippen molar-refractivity contribution in [3.05, 3.63) is 48.0 Å². The molecule has 0 aromatic heterocycles. The molecule has 0 bridgehead atoms. The standard InChI is InChI=1S/C15H19NO2/c1-4-13(17)10-14(16-15(18)11(2)3)12-8-6-5-7-9-12/h5-9,14H,2,4,10H2,1,3H3,(H,16,18). The molecule has 0 aliphatic rings. The van der Waals surface area contributed by atoms with Crippen molar-refractivity contribution in [1.82, 2.24) is 5.32 Å². The van der Waals surface area contributed by atoms with Gasteiger partial charge in [-0.25, -0.2) is 0 Å². The van der Waals surface area contributed by atoms with Crippen molar-refractivity contribution in [2.24, 2.45) is 0 Å². The summed E-state index contributed by atoms with van der Waals surface area (Å²) < 4.78 is 0. The van der Waals surface area contributed by atoms with E-state index >= 15 is 0 Å². The van der Waals surface area contributed by atoms with E-state index in [2.05, 4.69) is 11.9 Å². The Kier molecular flexibility index (Phi) is 5.31. The van der Waals surface area contributed by atoms with Crippen molar-refractivity contribution in [2.45, 2.75) is 32.7 Å². The Balaban J connectivity index is 2.85. The number of ketones is 1. The van der Waals surface area contributed by atoms with E-state index in [0.29, 0.717) is 18.4 Å². The fraction of sp³-hybridized carbons (Fsp3) is 0.333. The number of nitrogens with one attached hydrogen (secondary N) is 1. The molecular formula is C15H19NO2. The van der Waals surface area contributed by atoms with Crippen LogP contribution in [0.25, 0.3) is 0 Å². The lowest BCUT2D eigenvalue weighted by Crippen LogP contribution is -2.30. The summed E-state index contributed by atoms with van der Waals surface area (Å²) >= 11 is 0. The third kappa shape index (κ3) is 4.17. The number of benzene rings is 1. The van der Waals surface area contributed by atoms with Crippen LogP contribution in [0.1, 0.15) is 38.3 Å². The van der Waals surface area contributed by atoms with Crippen LogP contribution in [0.4, 0.5) is 0 Å². The summed E-state index contributed by atoms with van der Waals surface area (Å²) in [5, 5.41) is 2.84. The third-order valence-corrected chi connectivity index (χ3v) is 2.72. The van der Waals surface area contributed by atoms with Gasteiger partial charge in [0, 0.05) is 18.4 Å². The summed E-state index contributed by atoms with van der Waals surface area (Å²) in [7, 11) is 0. The van der Waals surface area contributed by atoms with E-state index in [9.17, 15) is 9.59 Å². The van der Waals surface area contributed by atoms with Gasteiger partial charge < -0.3 is 5.32 Å². The Bertz CT molecular complexity index is 437. The smallest absolute Gasteiger partial charge is 0.246 e. The summed E-state index contributed by atoms with van der Waals surface area (Å²) in [6.07, 6.45) is 0.797. The second-order valence-corrected chi connectivity index (χ2v) is 4.31. The zero-order chi connectivity index (χ0) is 13.5. The highest BCUT2D eigenvalue weighted by Gasteiger charge is 2.17. The summed E-state index contributed by atoms with van der Waals surface area (Å²) in [5.41, 5.74) is 1.38. The number of Topliss-reactive ketones (excluding diaryl/α,β-unsaturated/α-hetero) is 1. The summed E-state index contributed by atoms with van der Waals surface area (Å²) in [6, 6.07) is 9.24. The number of rotatable bonds is 6. The van der Waals surface area contributed by atoms with Crippen molar-refractivity contribution in [2.75, 3.05) is 0 Å². The lowest BCUT2D eigenvalue weighted by atomic mass is 10.00. The predicted molar refractivity (Wildman–Crippen MR) is 72.1 cm³/mol. The van der Waals surface area contributed by atoms with E-state index in [0.717, 1.165) is 5.56 Å². The molecule has 0 saturated carbocycles. The molecular weight excluding hydrogens is 226 g/mol. The normalized spacial score (nSPS) is 11.7. The fourth-order valence-corrected chi connectivity index (χ4v) is 1.59. The van der Waals surface area contributed by atoms with Crippen LogP contribution in [0, 0.1) is 0 Å². The average molecular weight is 245 g/mol. The molecule has 3 nitrogen and oxygen atoms in total. The summed E-state index contributed by atoms with van der Waals surface area (Å²) in [4.78, 5) is 23.2. The molecule has 18 heavy (non-hydrogen) atoms. The topological polar surface area (TPSA) is 46.2 Å². The predicted octanol–water partition coefficient (Wildman–Crippen LogP) is 2.79. The molecule has 1 rings (SSSR count). The summed E-state index contributed by atoms with van der Waals surface area (Å²) in [6.45, 7) is 7.08. The molecule has 0 saturated heterocycles. The Labute approximate surface area is 108 Å². The Hall–Kier alpha value is -1.90. The largest absolute Gasteiger partial charge is 0.345 e. The van der Waals surface area contributed by atoms with E-state index < -0.39 is 0 Å². The van der Waals surface area contributed by atoms with Gasteiger partial charge >= 0.3 is 0 Å². The fourth-order valence-electron chi connectivity index (χ4n) is 1.59.